The van der Waals surface area contributed by atoms with E-state index in [1.807, 2.05) is 0 Å². The molecule has 2 unspecified atom stereocenters. The fourth-order valence-corrected chi connectivity index (χ4v) is 6.56. The highest BCUT2D eigenvalue weighted by molar-refractivity contribution is 7.01. The van der Waals surface area contributed by atoms with E-state index in [0.717, 1.165) is 0 Å². The van der Waals surface area contributed by atoms with Crippen molar-refractivity contribution in [1.82, 2.24) is 0 Å². The summed E-state index contributed by atoms with van der Waals surface area (Å²) in [6.45, 7) is 14.3. The lowest BCUT2D eigenvalue weighted by molar-refractivity contribution is 0.326. The third-order valence-electron chi connectivity index (χ3n) is 6.29. The molecule has 0 saturated heterocycles. The van der Waals surface area contributed by atoms with Crippen molar-refractivity contribution in [3.05, 3.63) is 60.2 Å². The predicted molar refractivity (Wildman–Crippen MR) is 107 cm³/mol. The van der Waals surface area contributed by atoms with Crippen molar-refractivity contribution < 1.29 is 0 Å². The molecular weight excluding hydrogens is 292 g/mol. The Morgan fingerprint density at radius 2 is 1.52 bits per heavy atom. The van der Waals surface area contributed by atoms with Crippen LogP contribution in [0, 0.1) is 5.92 Å². The van der Waals surface area contributed by atoms with E-state index in [1.165, 1.54) is 18.0 Å². The van der Waals surface area contributed by atoms with Gasteiger partial charge in [-0.25, -0.2) is 0 Å². The highest BCUT2D eigenvalue weighted by Gasteiger charge is 2.33. The van der Waals surface area contributed by atoms with Crippen LogP contribution in [0.4, 0.5) is 0 Å². The number of benzene rings is 2. The molecule has 0 aromatic heterocycles. The average molecular weight is 325 g/mol. The first-order valence-corrected chi connectivity index (χ1v) is 11.8. The van der Waals surface area contributed by atoms with Gasteiger partial charge in [0.05, 0.1) is 0 Å². The Hall–Kier alpha value is -1.34. The zero-order valence-electron chi connectivity index (χ0n) is 15.7. The summed E-state index contributed by atoms with van der Waals surface area (Å²) >= 11 is 0. The minimum absolute atomic E-state index is 0.260. The summed E-state index contributed by atoms with van der Waals surface area (Å²) in [7, 11) is -1.63. The number of rotatable bonds is 6. The normalized spacial score (nSPS) is 16.8. The van der Waals surface area contributed by atoms with E-state index in [2.05, 4.69) is 95.8 Å². The van der Waals surface area contributed by atoms with E-state index in [-0.39, 0.29) is 5.41 Å². The summed E-state index contributed by atoms with van der Waals surface area (Å²) in [4.78, 5) is 0. The van der Waals surface area contributed by atoms with E-state index in [1.54, 1.807) is 10.4 Å². The summed E-state index contributed by atoms with van der Waals surface area (Å²) in [6, 6.07) is 21.9. The lowest BCUT2D eigenvalue weighted by Crippen LogP contribution is -2.55. The van der Waals surface area contributed by atoms with Gasteiger partial charge in [0.25, 0.3) is 0 Å². The molecule has 0 heterocycles. The van der Waals surface area contributed by atoms with E-state index < -0.39 is 8.07 Å². The summed E-state index contributed by atoms with van der Waals surface area (Å²) in [6.07, 6.45) is 1.18. The van der Waals surface area contributed by atoms with Crippen LogP contribution < -0.4 is 10.4 Å². The van der Waals surface area contributed by atoms with Crippen molar-refractivity contribution in [2.24, 2.45) is 5.92 Å². The van der Waals surface area contributed by atoms with Gasteiger partial charge in [-0.3, -0.25) is 0 Å². The maximum atomic E-state index is 2.52. The van der Waals surface area contributed by atoms with Crippen LogP contribution in [0.25, 0.3) is 0 Å². The minimum atomic E-state index is -1.63. The van der Waals surface area contributed by atoms with Crippen LogP contribution in [0.5, 0.6) is 0 Å². The van der Waals surface area contributed by atoms with E-state index in [4.69, 9.17) is 0 Å². The molecular formula is C22H32Si. The highest BCUT2D eigenvalue weighted by atomic mass is 28.3. The third-order valence-corrected chi connectivity index (χ3v) is 10.9. The van der Waals surface area contributed by atoms with Gasteiger partial charge in [0, 0.05) is 0 Å². The van der Waals surface area contributed by atoms with Gasteiger partial charge in [0.1, 0.15) is 8.07 Å². The summed E-state index contributed by atoms with van der Waals surface area (Å²) in [5.41, 5.74) is 1.77. The van der Waals surface area contributed by atoms with E-state index in [9.17, 15) is 0 Å². The van der Waals surface area contributed by atoms with Crippen molar-refractivity contribution >= 4 is 18.4 Å². The van der Waals surface area contributed by atoms with Crippen LogP contribution in [0.3, 0.4) is 0 Å². The molecule has 2 aromatic rings. The smallest absolute Gasteiger partial charge is 0.0672 e. The zero-order chi connectivity index (χ0) is 17.1. The van der Waals surface area contributed by atoms with Crippen LogP contribution in [-0.4, -0.2) is 8.07 Å². The van der Waals surface area contributed by atoms with Crippen molar-refractivity contribution in [2.75, 3.05) is 0 Å². The fourth-order valence-electron chi connectivity index (χ4n) is 3.54. The molecule has 0 aliphatic heterocycles. The first kappa shape index (κ1) is 18.0. The molecule has 2 atom stereocenters. The average Bonchev–Trinajstić information content (AvgIpc) is 2.61. The van der Waals surface area contributed by atoms with Crippen molar-refractivity contribution in [1.29, 1.82) is 0 Å². The SMILES string of the molecule is CCC(C)(c1cccc([Si](C)(CC)c2ccccc2)c1)C(C)C. The van der Waals surface area contributed by atoms with Gasteiger partial charge in [-0.1, -0.05) is 112 Å². The summed E-state index contributed by atoms with van der Waals surface area (Å²) in [5, 5.41) is 3.12. The van der Waals surface area contributed by atoms with Gasteiger partial charge in [-0.05, 0) is 23.3 Å². The molecule has 23 heavy (non-hydrogen) atoms. The molecule has 0 saturated carbocycles. The molecule has 0 spiro atoms. The molecule has 0 radical (unpaired) electrons. The van der Waals surface area contributed by atoms with E-state index >= 15 is 0 Å². The number of hydrogen-bond acceptors (Lipinski definition) is 0. The molecule has 0 amide bonds. The Morgan fingerprint density at radius 3 is 2.04 bits per heavy atom. The van der Waals surface area contributed by atoms with Crippen molar-refractivity contribution in [2.45, 2.75) is 59.0 Å². The standard InChI is InChI=1S/C22H32Si/c1-7-22(5,18(3)4)19-13-12-16-21(17-19)23(6,8-2)20-14-10-9-11-15-20/h9-18H,7-8H2,1-6H3. The molecule has 0 bridgehead atoms. The molecule has 0 aliphatic carbocycles. The zero-order valence-corrected chi connectivity index (χ0v) is 16.7. The summed E-state index contributed by atoms with van der Waals surface area (Å²) in [5.74, 6) is 0.647. The largest absolute Gasteiger partial charge is 0.114 e. The van der Waals surface area contributed by atoms with Crippen LogP contribution in [0.15, 0.2) is 54.6 Å². The molecule has 124 valence electrons. The quantitative estimate of drug-likeness (QED) is 0.639. The first-order chi connectivity index (χ1) is 10.9. The van der Waals surface area contributed by atoms with Crippen LogP contribution in [0.2, 0.25) is 12.6 Å². The molecule has 0 nitrogen and oxygen atoms in total. The fraction of sp³-hybridized carbons (Fsp3) is 0.455. The second-order valence-electron chi connectivity index (χ2n) is 7.56. The highest BCUT2D eigenvalue weighted by Crippen LogP contribution is 2.35. The van der Waals surface area contributed by atoms with E-state index in [0.29, 0.717) is 5.92 Å². The van der Waals surface area contributed by atoms with Gasteiger partial charge in [0.15, 0.2) is 0 Å². The Balaban J connectivity index is 2.54. The molecule has 0 aliphatic rings. The third kappa shape index (κ3) is 3.30. The van der Waals surface area contributed by atoms with Gasteiger partial charge >= 0.3 is 0 Å². The monoisotopic (exact) mass is 324 g/mol. The minimum Gasteiger partial charge on any atom is -0.0672 e. The molecule has 2 rings (SSSR count). The molecule has 0 fully saturated rings. The maximum Gasteiger partial charge on any atom is 0.114 e. The van der Waals surface area contributed by atoms with Crippen LogP contribution >= 0.6 is 0 Å². The Kier molecular flexibility index (Phi) is 5.51. The van der Waals surface area contributed by atoms with Crippen LogP contribution in [-0.2, 0) is 5.41 Å². The predicted octanol–water partition coefficient (Wildman–Crippen LogP) is 5.22. The lowest BCUT2D eigenvalue weighted by Gasteiger charge is -2.35. The molecule has 0 N–H and O–H groups in total. The van der Waals surface area contributed by atoms with Crippen molar-refractivity contribution in [3.63, 3.8) is 0 Å². The Morgan fingerprint density at radius 1 is 0.913 bits per heavy atom. The van der Waals surface area contributed by atoms with Gasteiger partial charge in [-0.2, -0.15) is 0 Å². The number of hydrogen-bond donors (Lipinski definition) is 0. The lowest BCUT2D eigenvalue weighted by atomic mass is 9.71. The Bertz CT molecular complexity index is 631. The van der Waals surface area contributed by atoms with Crippen molar-refractivity contribution in [3.8, 4) is 0 Å². The summed E-state index contributed by atoms with van der Waals surface area (Å²) < 4.78 is 0. The second-order valence-corrected chi connectivity index (χ2v) is 12.1. The molecule has 2 aromatic carbocycles. The second kappa shape index (κ2) is 7.05. The van der Waals surface area contributed by atoms with Crippen LogP contribution in [0.1, 0.15) is 46.6 Å². The first-order valence-electron chi connectivity index (χ1n) is 9.05. The molecule has 1 heteroatoms. The Labute approximate surface area is 144 Å². The topological polar surface area (TPSA) is 0 Å². The van der Waals surface area contributed by atoms with Gasteiger partial charge in [-0.15, -0.1) is 0 Å². The maximum absolute atomic E-state index is 2.52. The van der Waals surface area contributed by atoms with Gasteiger partial charge < -0.3 is 0 Å². The van der Waals surface area contributed by atoms with Gasteiger partial charge in [0.2, 0.25) is 0 Å².